The molecule has 0 aliphatic carbocycles. The number of rotatable bonds is 9. The Morgan fingerprint density at radius 1 is 1.00 bits per heavy atom. The lowest BCUT2D eigenvalue weighted by Crippen LogP contribution is -2.34. The Kier molecular flexibility index (Phi) is 9.09. The number of carbonyl (C=O) groups is 1. The van der Waals surface area contributed by atoms with Gasteiger partial charge in [0, 0.05) is 30.0 Å². The van der Waals surface area contributed by atoms with E-state index in [-0.39, 0.29) is 5.91 Å². The van der Waals surface area contributed by atoms with Crippen LogP contribution < -0.4 is 16.0 Å². The maximum absolute atomic E-state index is 12.3. The number of anilines is 2. The number of carbonyl (C=O) groups excluding carboxylic acids is 1. The van der Waals surface area contributed by atoms with Gasteiger partial charge in [-0.15, -0.1) is 0 Å². The SMILES string of the molecule is CCN(CC)CCNC(=O)c1ccc(NC(=S)Nc2cccc(C(C)C)c2)cc1. The summed E-state index contributed by atoms with van der Waals surface area (Å²) in [6.07, 6.45) is 0. The van der Waals surface area contributed by atoms with E-state index in [9.17, 15) is 4.79 Å². The van der Waals surface area contributed by atoms with Gasteiger partial charge in [-0.2, -0.15) is 0 Å². The molecule has 3 N–H and O–H groups in total. The van der Waals surface area contributed by atoms with Crippen molar-refractivity contribution >= 4 is 34.6 Å². The van der Waals surface area contributed by atoms with Crippen molar-refractivity contribution in [2.75, 3.05) is 36.8 Å². The third-order valence-electron chi connectivity index (χ3n) is 4.82. The molecule has 0 unspecified atom stereocenters. The minimum atomic E-state index is -0.0603. The minimum Gasteiger partial charge on any atom is -0.351 e. The molecular formula is C23H32N4OS. The average Bonchev–Trinajstić information content (AvgIpc) is 2.71. The molecule has 0 heterocycles. The number of nitrogens with one attached hydrogen (secondary N) is 3. The van der Waals surface area contributed by atoms with Gasteiger partial charge in [-0.3, -0.25) is 4.79 Å². The van der Waals surface area contributed by atoms with Gasteiger partial charge in [0.15, 0.2) is 5.11 Å². The maximum Gasteiger partial charge on any atom is 0.251 e. The van der Waals surface area contributed by atoms with Crippen LogP contribution in [0.4, 0.5) is 11.4 Å². The van der Waals surface area contributed by atoms with Crippen LogP contribution >= 0.6 is 12.2 Å². The molecule has 2 aromatic carbocycles. The minimum absolute atomic E-state index is 0.0603. The number of thiocarbonyl (C=S) groups is 1. The van der Waals surface area contributed by atoms with Crippen molar-refractivity contribution in [1.29, 1.82) is 0 Å². The fourth-order valence-electron chi connectivity index (χ4n) is 2.94. The van der Waals surface area contributed by atoms with Crippen LogP contribution in [0.15, 0.2) is 48.5 Å². The van der Waals surface area contributed by atoms with Crippen LogP contribution in [0, 0.1) is 0 Å². The van der Waals surface area contributed by atoms with Gasteiger partial charge in [-0.05, 0) is 73.2 Å². The Morgan fingerprint density at radius 3 is 2.28 bits per heavy atom. The van der Waals surface area contributed by atoms with Crippen LogP contribution in [-0.2, 0) is 0 Å². The highest BCUT2D eigenvalue weighted by Gasteiger charge is 2.07. The molecule has 0 spiro atoms. The molecule has 0 saturated carbocycles. The van der Waals surface area contributed by atoms with Crippen LogP contribution in [0.25, 0.3) is 0 Å². The van der Waals surface area contributed by atoms with Crippen molar-refractivity contribution in [3.05, 3.63) is 59.7 Å². The Hall–Kier alpha value is -2.44. The molecular weight excluding hydrogens is 380 g/mol. The summed E-state index contributed by atoms with van der Waals surface area (Å²) in [5.41, 5.74) is 3.69. The van der Waals surface area contributed by atoms with Crippen molar-refractivity contribution in [3.63, 3.8) is 0 Å². The summed E-state index contributed by atoms with van der Waals surface area (Å²) >= 11 is 5.41. The molecule has 0 atom stereocenters. The molecule has 1 amide bonds. The lowest BCUT2D eigenvalue weighted by Gasteiger charge is -2.18. The van der Waals surface area contributed by atoms with Crippen molar-refractivity contribution in [2.24, 2.45) is 0 Å². The van der Waals surface area contributed by atoms with Gasteiger partial charge in [0.25, 0.3) is 5.91 Å². The predicted octanol–water partition coefficient (Wildman–Crippen LogP) is 4.69. The second-order valence-corrected chi connectivity index (χ2v) is 7.63. The van der Waals surface area contributed by atoms with Gasteiger partial charge in [0.2, 0.25) is 0 Å². The zero-order chi connectivity index (χ0) is 21.2. The Balaban J connectivity index is 1.85. The highest BCUT2D eigenvalue weighted by Crippen LogP contribution is 2.19. The molecule has 0 aliphatic heterocycles. The van der Waals surface area contributed by atoms with Crippen molar-refractivity contribution in [2.45, 2.75) is 33.6 Å². The largest absolute Gasteiger partial charge is 0.351 e. The van der Waals surface area contributed by atoms with E-state index in [1.165, 1.54) is 5.56 Å². The summed E-state index contributed by atoms with van der Waals surface area (Å²) in [5, 5.41) is 9.85. The molecule has 2 rings (SSSR count). The lowest BCUT2D eigenvalue weighted by molar-refractivity contribution is 0.0949. The van der Waals surface area contributed by atoms with Crippen molar-refractivity contribution < 1.29 is 4.79 Å². The van der Waals surface area contributed by atoms with E-state index in [0.717, 1.165) is 31.0 Å². The normalized spacial score (nSPS) is 10.8. The van der Waals surface area contributed by atoms with E-state index in [2.05, 4.69) is 60.7 Å². The maximum atomic E-state index is 12.3. The fourth-order valence-corrected chi connectivity index (χ4v) is 3.18. The Bertz CT molecular complexity index is 801. The molecule has 0 aliphatic rings. The summed E-state index contributed by atoms with van der Waals surface area (Å²) in [6.45, 7) is 12.0. The van der Waals surface area contributed by atoms with E-state index >= 15 is 0 Å². The Labute approximate surface area is 179 Å². The summed E-state index contributed by atoms with van der Waals surface area (Å²) < 4.78 is 0. The van der Waals surface area contributed by atoms with Crippen LogP contribution in [0.1, 0.15) is 49.5 Å². The van der Waals surface area contributed by atoms with E-state index in [1.54, 1.807) is 12.1 Å². The number of benzene rings is 2. The summed E-state index contributed by atoms with van der Waals surface area (Å²) in [6, 6.07) is 15.5. The molecule has 0 bridgehead atoms. The van der Waals surface area contributed by atoms with Crippen molar-refractivity contribution in [3.8, 4) is 0 Å². The number of hydrogen-bond acceptors (Lipinski definition) is 3. The van der Waals surface area contributed by atoms with Gasteiger partial charge in [-0.25, -0.2) is 0 Å². The van der Waals surface area contributed by atoms with Gasteiger partial charge in [0.1, 0.15) is 0 Å². The molecule has 156 valence electrons. The van der Waals surface area contributed by atoms with Gasteiger partial charge >= 0.3 is 0 Å². The molecule has 0 saturated heterocycles. The lowest BCUT2D eigenvalue weighted by atomic mass is 10.0. The number of likely N-dealkylation sites (N-methyl/N-ethyl adjacent to an activating group) is 1. The summed E-state index contributed by atoms with van der Waals surface area (Å²) in [5.74, 6) is 0.402. The third kappa shape index (κ3) is 7.48. The van der Waals surface area contributed by atoms with Gasteiger partial charge < -0.3 is 20.9 Å². The second-order valence-electron chi connectivity index (χ2n) is 7.22. The van der Waals surface area contributed by atoms with Crippen molar-refractivity contribution in [1.82, 2.24) is 10.2 Å². The highest BCUT2D eigenvalue weighted by molar-refractivity contribution is 7.80. The smallest absolute Gasteiger partial charge is 0.251 e. The highest BCUT2D eigenvalue weighted by atomic mass is 32.1. The summed E-state index contributed by atoms with van der Waals surface area (Å²) in [7, 11) is 0. The first-order valence-electron chi connectivity index (χ1n) is 10.2. The van der Waals surface area contributed by atoms with E-state index in [0.29, 0.717) is 23.1 Å². The molecule has 2 aromatic rings. The standard InChI is InChI=1S/C23H32N4OS/c1-5-27(6-2)15-14-24-22(28)18-10-12-20(13-11-18)25-23(29)26-21-9-7-8-19(16-21)17(3)4/h7-13,16-17H,5-6,14-15H2,1-4H3,(H,24,28)(H2,25,26,29). The molecule has 0 aromatic heterocycles. The first-order valence-corrected chi connectivity index (χ1v) is 10.6. The average molecular weight is 413 g/mol. The number of nitrogens with zero attached hydrogens (tertiary/aromatic N) is 1. The van der Waals surface area contributed by atoms with Gasteiger partial charge in [0.05, 0.1) is 0 Å². The Morgan fingerprint density at radius 2 is 1.66 bits per heavy atom. The molecule has 29 heavy (non-hydrogen) atoms. The number of amides is 1. The van der Waals surface area contributed by atoms with Crippen LogP contribution in [-0.4, -0.2) is 42.1 Å². The van der Waals surface area contributed by atoms with E-state index < -0.39 is 0 Å². The molecule has 6 heteroatoms. The predicted molar refractivity (Wildman–Crippen MR) is 127 cm³/mol. The summed E-state index contributed by atoms with van der Waals surface area (Å²) in [4.78, 5) is 14.6. The molecule has 0 radical (unpaired) electrons. The molecule has 0 fully saturated rings. The van der Waals surface area contributed by atoms with E-state index in [4.69, 9.17) is 12.2 Å². The fraction of sp³-hybridized carbons (Fsp3) is 0.391. The van der Waals surface area contributed by atoms with E-state index in [1.807, 2.05) is 24.3 Å². The zero-order valence-electron chi connectivity index (χ0n) is 17.8. The quantitative estimate of drug-likeness (QED) is 0.522. The first-order chi connectivity index (χ1) is 13.9. The first kappa shape index (κ1) is 22.8. The zero-order valence-corrected chi connectivity index (χ0v) is 18.6. The molecule has 5 nitrogen and oxygen atoms in total. The van der Waals surface area contributed by atoms with Crippen LogP contribution in [0.5, 0.6) is 0 Å². The number of hydrogen-bond donors (Lipinski definition) is 3. The van der Waals surface area contributed by atoms with Crippen LogP contribution in [0.3, 0.4) is 0 Å². The monoisotopic (exact) mass is 412 g/mol. The third-order valence-corrected chi connectivity index (χ3v) is 5.03. The topological polar surface area (TPSA) is 56.4 Å². The van der Waals surface area contributed by atoms with Crippen LogP contribution in [0.2, 0.25) is 0 Å². The second kappa shape index (κ2) is 11.5. The van der Waals surface area contributed by atoms with Gasteiger partial charge in [-0.1, -0.05) is 39.8 Å².